The molecular formula is C19H22N4O2. The van der Waals surface area contributed by atoms with Gasteiger partial charge in [-0.05, 0) is 38.0 Å². The van der Waals surface area contributed by atoms with E-state index in [9.17, 15) is 9.59 Å². The van der Waals surface area contributed by atoms with Crippen LogP contribution in [0.3, 0.4) is 0 Å². The number of nitrogens with one attached hydrogen (secondary N) is 2. The van der Waals surface area contributed by atoms with E-state index in [0.717, 1.165) is 12.8 Å². The molecule has 1 heterocycles. The fraction of sp³-hybridized carbons (Fsp3) is 0.368. The number of aromatic nitrogens is 2. The van der Waals surface area contributed by atoms with Crippen molar-refractivity contribution in [1.82, 2.24) is 9.97 Å². The van der Waals surface area contributed by atoms with Gasteiger partial charge in [-0.25, -0.2) is 9.97 Å². The quantitative estimate of drug-likeness (QED) is 0.813. The Bertz CT molecular complexity index is 770. The van der Waals surface area contributed by atoms with E-state index >= 15 is 0 Å². The molecule has 25 heavy (non-hydrogen) atoms. The summed E-state index contributed by atoms with van der Waals surface area (Å²) in [5, 5.41) is 6.09. The van der Waals surface area contributed by atoms with Gasteiger partial charge in [0.05, 0.1) is 0 Å². The number of carbonyl (C=O) groups excluding carboxylic acids is 2. The fourth-order valence-corrected chi connectivity index (χ4v) is 3.00. The van der Waals surface area contributed by atoms with Crippen molar-refractivity contribution in [2.45, 2.75) is 45.1 Å². The highest BCUT2D eigenvalue weighted by Crippen LogP contribution is 2.20. The maximum atomic E-state index is 12.4. The molecule has 1 aromatic carbocycles. The van der Waals surface area contributed by atoms with Crippen LogP contribution in [0, 0.1) is 0 Å². The molecule has 0 spiro atoms. The first-order valence-electron chi connectivity index (χ1n) is 8.64. The SMILES string of the molecule is CC(=O)c1cccc(NC(=O)c2ccnc(NC3CCCCC3)n2)c1. The molecule has 0 bridgehead atoms. The zero-order valence-corrected chi connectivity index (χ0v) is 14.3. The predicted molar refractivity (Wildman–Crippen MR) is 96.9 cm³/mol. The lowest BCUT2D eigenvalue weighted by molar-refractivity contribution is 0.100. The number of hydrogen-bond acceptors (Lipinski definition) is 5. The van der Waals surface area contributed by atoms with Crippen molar-refractivity contribution in [3.63, 3.8) is 0 Å². The second-order valence-electron chi connectivity index (χ2n) is 6.34. The van der Waals surface area contributed by atoms with Gasteiger partial charge in [0.15, 0.2) is 5.78 Å². The van der Waals surface area contributed by atoms with Gasteiger partial charge in [-0.15, -0.1) is 0 Å². The number of ketones is 1. The highest BCUT2D eigenvalue weighted by molar-refractivity contribution is 6.04. The Labute approximate surface area is 147 Å². The summed E-state index contributed by atoms with van der Waals surface area (Å²) < 4.78 is 0. The number of hydrogen-bond donors (Lipinski definition) is 2. The Morgan fingerprint density at radius 1 is 1.12 bits per heavy atom. The first-order chi connectivity index (χ1) is 12.1. The first kappa shape index (κ1) is 17.1. The molecule has 1 aromatic heterocycles. The van der Waals surface area contributed by atoms with Crippen LogP contribution < -0.4 is 10.6 Å². The molecule has 0 saturated heterocycles. The lowest BCUT2D eigenvalue weighted by atomic mass is 9.96. The fourth-order valence-electron chi connectivity index (χ4n) is 3.00. The maximum Gasteiger partial charge on any atom is 0.274 e. The van der Waals surface area contributed by atoms with Crippen molar-refractivity contribution in [3.05, 3.63) is 47.8 Å². The summed E-state index contributed by atoms with van der Waals surface area (Å²) in [6.45, 7) is 1.49. The molecule has 0 aliphatic heterocycles. The number of carbonyl (C=O) groups is 2. The zero-order chi connectivity index (χ0) is 17.6. The van der Waals surface area contributed by atoms with Gasteiger partial charge in [0, 0.05) is 23.5 Å². The lowest BCUT2D eigenvalue weighted by Crippen LogP contribution is -2.24. The molecule has 0 unspecified atom stereocenters. The summed E-state index contributed by atoms with van der Waals surface area (Å²) in [5.74, 6) is 0.115. The molecular weight excluding hydrogens is 316 g/mol. The average Bonchev–Trinajstić information content (AvgIpc) is 2.63. The van der Waals surface area contributed by atoms with Crippen LogP contribution >= 0.6 is 0 Å². The molecule has 1 fully saturated rings. The van der Waals surface area contributed by atoms with E-state index in [-0.39, 0.29) is 11.7 Å². The Morgan fingerprint density at radius 3 is 2.68 bits per heavy atom. The van der Waals surface area contributed by atoms with Crippen LogP contribution in [0.5, 0.6) is 0 Å². The van der Waals surface area contributed by atoms with Crippen molar-refractivity contribution in [2.24, 2.45) is 0 Å². The highest BCUT2D eigenvalue weighted by atomic mass is 16.2. The van der Waals surface area contributed by atoms with Crippen molar-refractivity contribution in [2.75, 3.05) is 10.6 Å². The monoisotopic (exact) mass is 338 g/mol. The van der Waals surface area contributed by atoms with Crippen molar-refractivity contribution >= 4 is 23.3 Å². The van der Waals surface area contributed by atoms with E-state index in [1.54, 1.807) is 36.5 Å². The Balaban J connectivity index is 1.68. The van der Waals surface area contributed by atoms with E-state index in [1.807, 2.05) is 0 Å². The summed E-state index contributed by atoms with van der Waals surface area (Å²) in [4.78, 5) is 32.4. The minimum atomic E-state index is -0.324. The van der Waals surface area contributed by atoms with E-state index in [4.69, 9.17) is 0 Å². The minimum Gasteiger partial charge on any atom is -0.351 e. The van der Waals surface area contributed by atoms with Gasteiger partial charge in [-0.1, -0.05) is 31.4 Å². The van der Waals surface area contributed by atoms with E-state index < -0.39 is 0 Å². The molecule has 2 N–H and O–H groups in total. The molecule has 3 rings (SSSR count). The molecule has 1 aliphatic carbocycles. The summed E-state index contributed by atoms with van der Waals surface area (Å²) in [7, 11) is 0. The maximum absolute atomic E-state index is 12.4. The van der Waals surface area contributed by atoms with Crippen LogP contribution in [0.2, 0.25) is 0 Å². The summed E-state index contributed by atoms with van der Waals surface area (Å²) >= 11 is 0. The summed E-state index contributed by atoms with van der Waals surface area (Å²) in [5.41, 5.74) is 1.42. The highest BCUT2D eigenvalue weighted by Gasteiger charge is 2.15. The second kappa shape index (κ2) is 7.88. The number of nitrogens with zero attached hydrogens (tertiary/aromatic N) is 2. The molecule has 1 saturated carbocycles. The van der Waals surface area contributed by atoms with Crippen LogP contribution in [-0.2, 0) is 0 Å². The third-order valence-corrected chi connectivity index (χ3v) is 4.35. The van der Waals surface area contributed by atoms with Crippen LogP contribution in [0.1, 0.15) is 59.9 Å². The molecule has 0 atom stereocenters. The normalized spacial score (nSPS) is 14.8. The number of rotatable bonds is 5. The van der Waals surface area contributed by atoms with Crippen LogP contribution in [-0.4, -0.2) is 27.7 Å². The largest absolute Gasteiger partial charge is 0.351 e. The minimum absolute atomic E-state index is 0.0443. The molecule has 6 nitrogen and oxygen atoms in total. The summed E-state index contributed by atoms with van der Waals surface area (Å²) in [6.07, 6.45) is 7.50. The van der Waals surface area contributed by atoms with Gasteiger partial charge in [0.2, 0.25) is 5.95 Å². The van der Waals surface area contributed by atoms with Crippen molar-refractivity contribution < 1.29 is 9.59 Å². The number of benzene rings is 1. The molecule has 1 aliphatic rings. The van der Waals surface area contributed by atoms with Gasteiger partial charge in [0.1, 0.15) is 5.69 Å². The van der Waals surface area contributed by atoms with Crippen molar-refractivity contribution in [1.29, 1.82) is 0 Å². The smallest absolute Gasteiger partial charge is 0.274 e. The Kier molecular flexibility index (Phi) is 5.38. The first-order valence-corrected chi connectivity index (χ1v) is 8.64. The third kappa shape index (κ3) is 4.62. The van der Waals surface area contributed by atoms with Gasteiger partial charge >= 0.3 is 0 Å². The van der Waals surface area contributed by atoms with Gasteiger partial charge in [0.25, 0.3) is 5.91 Å². The van der Waals surface area contributed by atoms with Crippen molar-refractivity contribution in [3.8, 4) is 0 Å². The third-order valence-electron chi connectivity index (χ3n) is 4.35. The Hall–Kier alpha value is -2.76. The molecule has 1 amide bonds. The molecule has 2 aromatic rings. The van der Waals surface area contributed by atoms with E-state index in [1.165, 1.54) is 26.2 Å². The number of amides is 1. The number of Topliss-reactive ketones (excluding diaryl/α,β-unsaturated/α-hetero) is 1. The standard InChI is InChI=1S/C19H22N4O2/c1-13(24)14-6-5-9-16(12-14)21-18(25)17-10-11-20-19(23-17)22-15-7-3-2-4-8-15/h5-6,9-12,15H,2-4,7-8H2,1H3,(H,21,25)(H,20,22,23). The van der Waals surface area contributed by atoms with Gasteiger partial charge < -0.3 is 10.6 Å². The van der Waals surface area contributed by atoms with Crippen LogP contribution in [0.25, 0.3) is 0 Å². The predicted octanol–water partition coefficient (Wildman–Crippen LogP) is 3.68. The lowest BCUT2D eigenvalue weighted by Gasteiger charge is -2.22. The molecule has 6 heteroatoms. The zero-order valence-electron chi connectivity index (χ0n) is 14.3. The topological polar surface area (TPSA) is 84.0 Å². The van der Waals surface area contributed by atoms with Crippen LogP contribution in [0.15, 0.2) is 36.5 Å². The van der Waals surface area contributed by atoms with E-state index in [0.29, 0.717) is 28.9 Å². The summed E-state index contributed by atoms with van der Waals surface area (Å²) in [6, 6.07) is 8.81. The molecule has 130 valence electrons. The van der Waals surface area contributed by atoms with Gasteiger partial charge in [-0.2, -0.15) is 0 Å². The molecule has 0 radical (unpaired) electrons. The van der Waals surface area contributed by atoms with E-state index in [2.05, 4.69) is 20.6 Å². The Morgan fingerprint density at radius 2 is 1.92 bits per heavy atom. The second-order valence-corrected chi connectivity index (χ2v) is 6.34. The average molecular weight is 338 g/mol. The van der Waals surface area contributed by atoms with Gasteiger partial charge in [-0.3, -0.25) is 9.59 Å². The van der Waals surface area contributed by atoms with Crippen LogP contribution in [0.4, 0.5) is 11.6 Å². The number of anilines is 2.